The van der Waals surface area contributed by atoms with Crippen molar-refractivity contribution in [3.63, 3.8) is 0 Å². The summed E-state index contributed by atoms with van der Waals surface area (Å²) in [5, 5.41) is 3.52. The van der Waals surface area contributed by atoms with Crippen LogP contribution in [0.4, 0.5) is 5.69 Å². The lowest BCUT2D eigenvalue weighted by Gasteiger charge is -2.23. The molecule has 21 heavy (non-hydrogen) atoms. The van der Waals surface area contributed by atoms with Gasteiger partial charge in [0, 0.05) is 32.8 Å². The van der Waals surface area contributed by atoms with Gasteiger partial charge in [0.05, 0.1) is 12.3 Å². The van der Waals surface area contributed by atoms with Crippen LogP contribution in [0, 0.1) is 0 Å². The van der Waals surface area contributed by atoms with E-state index in [1.165, 1.54) is 12.1 Å². The minimum absolute atomic E-state index is 0.818. The summed E-state index contributed by atoms with van der Waals surface area (Å²) in [6, 6.07) is 8.35. The summed E-state index contributed by atoms with van der Waals surface area (Å²) in [4.78, 5) is 2.43. The van der Waals surface area contributed by atoms with Crippen molar-refractivity contribution in [3.05, 3.63) is 24.3 Å². The second-order valence-electron chi connectivity index (χ2n) is 5.31. The van der Waals surface area contributed by atoms with E-state index in [1.807, 2.05) is 13.0 Å². The number of unbranched alkanes of at least 4 members (excludes halogenated alkanes) is 1. The molecular formula is C17H28N2O2. The molecule has 1 aromatic carbocycles. The van der Waals surface area contributed by atoms with E-state index in [4.69, 9.17) is 9.47 Å². The summed E-state index contributed by atoms with van der Waals surface area (Å²) >= 11 is 0. The number of hydrogen-bond acceptors (Lipinski definition) is 4. The second-order valence-corrected chi connectivity index (χ2v) is 5.31. The Bertz CT molecular complexity index is 398. The van der Waals surface area contributed by atoms with Crippen molar-refractivity contribution in [3.8, 4) is 5.75 Å². The SMILES string of the molecule is CCOCCCCNCCN1CCCOc2ccccc21. The van der Waals surface area contributed by atoms with Gasteiger partial charge in [-0.1, -0.05) is 12.1 Å². The molecule has 0 saturated heterocycles. The van der Waals surface area contributed by atoms with Crippen molar-refractivity contribution in [1.29, 1.82) is 0 Å². The summed E-state index contributed by atoms with van der Waals surface area (Å²) in [5.74, 6) is 1.02. The van der Waals surface area contributed by atoms with E-state index in [0.717, 1.165) is 64.6 Å². The summed E-state index contributed by atoms with van der Waals surface area (Å²) in [6.45, 7) is 8.76. The molecule has 0 spiro atoms. The third kappa shape index (κ3) is 5.56. The molecule has 4 nitrogen and oxygen atoms in total. The van der Waals surface area contributed by atoms with Crippen LogP contribution in [0.25, 0.3) is 0 Å². The zero-order valence-corrected chi connectivity index (χ0v) is 13.1. The van der Waals surface area contributed by atoms with E-state index >= 15 is 0 Å². The summed E-state index contributed by atoms with van der Waals surface area (Å²) in [6.07, 6.45) is 3.41. The van der Waals surface area contributed by atoms with Crippen LogP contribution in [-0.4, -0.2) is 46.0 Å². The maximum absolute atomic E-state index is 5.79. The molecule has 1 aromatic rings. The lowest BCUT2D eigenvalue weighted by Crippen LogP contribution is -2.33. The second kappa shape index (κ2) is 9.64. The van der Waals surface area contributed by atoms with Gasteiger partial charge in [-0.05, 0) is 44.9 Å². The lowest BCUT2D eigenvalue weighted by molar-refractivity contribution is 0.143. The van der Waals surface area contributed by atoms with E-state index in [-0.39, 0.29) is 0 Å². The summed E-state index contributed by atoms with van der Waals surface area (Å²) in [5.41, 5.74) is 1.23. The molecule has 0 radical (unpaired) electrons. The predicted molar refractivity (Wildman–Crippen MR) is 87.4 cm³/mol. The van der Waals surface area contributed by atoms with Crippen LogP contribution in [0.15, 0.2) is 24.3 Å². The highest BCUT2D eigenvalue weighted by molar-refractivity contribution is 5.58. The minimum atomic E-state index is 0.818. The average molecular weight is 292 g/mol. The van der Waals surface area contributed by atoms with Crippen LogP contribution in [0.2, 0.25) is 0 Å². The molecule has 0 fully saturated rings. The Balaban J connectivity index is 1.66. The summed E-state index contributed by atoms with van der Waals surface area (Å²) in [7, 11) is 0. The molecule has 0 aromatic heterocycles. The number of hydrogen-bond donors (Lipinski definition) is 1. The Kier molecular flexibility index (Phi) is 7.39. The molecule has 4 heteroatoms. The van der Waals surface area contributed by atoms with Gasteiger partial charge in [-0.25, -0.2) is 0 Å². The number of para-hydroxylation sites is 2. The third-order valence-corrected chi connectivity index (χ3v) is 3.69. The van der Waals surface area contributed by atoms with Gasteiger partial charge in [-0.2, -0.15) is 0 Å². The highest BCUT2D eigenvalue weighted by atomic mass is 16.5. The van der Waals surface area contributed by atoms with Crippen LogP contribution >= 0.6 is 0 Å². The fraction of sp³-hybridized carbons (Fsp3) is 0.647. The van der Waals surface area contributed by atoms with Gasteiger partial charge < -0.3 is 19.7 Å². The Labute approximate surface area is 128 Å². The van der Waals surface area contributed by atoms with Gasteiger partial charge in [0.15, 0.2) is 0 Å². The Morgan fingerprint density at radius 3 is 3.05 bits per heavy atom. The molecular weight excluding hydrogens is 264 g/mol. The molecule has 1 N–H and O–H groups in total. The van der Waals surface area contributed by atoms with Crippen molar-refractivity contribution < 1.29 is 9.47 Å². The lowest BCUT2D eigenvalue weighted by atomic mass is 10.2. The first-order valence-corrected chi connectivity index (χ1v) is 8.17. The fourth-order valence-electron chi connectivity index (χ4n) is 2.57. The van der Waals surface area contributed by atoms with E-state index in [9.17, 15) is 0 Å². The maximum Gasteiger partial charge on any atom is 0.142 e. The Morgan fingerprint density at radius 1 is 1.24 bits per heavy atom. The van der Waals surface area contributed by atoms with E-state index < -0.39 is 0 Å². The largest absolute Gasteiger partial charge is 0.491 e. The van der Waals surface area contributed by atoms with Crippen LogP contribution in [-0.2, 0) is 4.74 Å². The molecule has 0 atom stereocenters. The number of rotatable bonds is 9. The highest BCUT2D eigenvalue weighted by Crippen LogP contribution is 2.29. The number of fused-ring (bicyclic) bond motifs is 1. The first-order valence-electron chi connectivity index (χ1n) is 8.17. The first kappa shape index (κ1) is 16.1. The van der Waals surface area contributed by atoms with E-state index in [2.05, 4.69) is 28.4 Å². The Morgan fingerprint density at radius 2 is 2.14 bits per heavy atom. The number of nitrogens with zero attached hydrogens (tertiary/aromatic N) is 1. The number of anilines is 1. The van der Waals surface area contributed by atoms with Crippen molar-refractivity contribution in [2.75, 3.05) is 50.9 Å². The monoisotopic (exact) mass is 292 g/mol. The molecule has 0 aliphatic carbocycles. The molecule has 118 valence electrons. The van der Waals surface area contributed by atoms with Gasteiger partial charge in [0.25, 0.3) is 0 Å². The van der Waals surface area contributed by atoms with Crippen molar-refractivity contribution in [2.24, 2.45) is 0 Å². The number of benzene rings is 1. The van der Waals surface area contributed by atoms with Gasteiger partial charge in [0.1, 0.15) is 5.75 Å². The van der Waals surface area contributed by atoms with Gasteiger partial charge in [-0.3, -0.25) is 0 Å². The fourth-order valence-corrected chi connectivity index (χ4v) is 2.57. The molecule has 1 aliphatic rings. The maximum atomic E-state index is 5.79. The van der Waals surface area contributed by atoms with Crippen LogP contribution in [0.1, 0.15) is 26.2 Å². The topological polar surface area (TPSA) is 33.7 Å². The van der Waals surface area contributed by atoms with E-state index in [1.54, 1.807) is 0 Å². The smallest absolute Gasteiger partial charge is 0.142 e. The zero-order chi connectivity index (χ0) is 14.8. The molecule has 0 saturated carbocycles. The third-order valence-electron chi connectivity index (χ3n) is 3.69. The summed E-state index contributed by atoms with van der Waals surface area (Å²) < 4.78 is 11.1. The normalized spacial score (nSPS) is 14.4. The number of nitrogens with one attached hydrogen (secondary N) is 1. The first-order chi connectivity index (χ1) is 10.4. The standard InChI is InChI=1S/C17H28N2O2/c1-2-20-14-6-5-10-18-11-13-19-12-7-15-21-17-9-4-3-8-16(17)19/h3-4,8-9,18H,2,5-7,10-15H2,1H3. The van der Waals surface area contributed by atoms with E-state index in [0.29, 0.717) is 0 Å². The molecule has 0 bridgehead atoms. The van der Waals surface area contributed by atoms with Gasteiger partial charge in [0.2, 0.25) is 0 Å². The highest BCUT2D eigenvalue weighted by Gasteiger charge is 2.14. The van der Waals surface area contributed by atoms with Gasteiger partial charge >= 0.3 is 0 Å². The van der Waals surface area contributed by atoms with Gasteiger partial charge in [-0.15, -0.1) is 0 Å². The van der Waals surface area contributed by atoms with Crippen molar-refractivity contribution in [1.82, 2.24) is 5.32 Å². The molecule has 0 amide bonds. The van der Waals surface area contributed by atoms with Crippen LogP contribution in [0.5, 0.6) is 5.75 Å². The minimum Gasteiger partial charge on any atom is -0.491 e. The number of ether oxygens (including phenoxy) is 2. The van der Waals surface area contributed by atoms with Crippen molar-refractivity contribution >= 4 is 5.69 Å². The van der Waals surface area contributed by atoms with Crippen molar-refractivity contribution in [2.45, 2.75) is 26.2 Å². The predicted octanol–water partition coefficient (Wildman–Crippen LogP) is 2.68. The zero-order valence-electron chi connectivity index (χ0n) is 13.1. The molecule has 2 rings (SSSR count). The average Bonchev–Trinajstić information content (AvgIpc) is 2.72. The Hall–Kier alpha value is -1.26. The molecule has 1 heterocycles. The molecule has 0 unspecified atom stereocenters. The quantitative estimate of drug-likeness (QED) is 0.710. The van der Waals surface area contributed by atoms with Crippen LogP contribution < -0.4 is 15.0 Å². The van der Waals surface area contributed by atoms with Crippen LogP contribution in [0.3, 0.4) is 0 Å². The molecule has 1 aliphatic heterocycles.